The normalized spacial score (nSPS) is 13.1. The predicted octanol–water partition coefficient (Wildman–Crippen LogP) is 3.73. The fourth-order valence-corrected chi connectivity index (χ4v) is 3.78. The second-order valence-corrected chi connectivity index (χ2v) is 8.56. The fraction of sp³-hybridized carbons (Fsp3) is 0.400. The van der Waals surface area contributed by atoms with E-state index < -0.39 is 18.2 Å². The molecule has 0 unspecified atom stereocenters. The van der Waals surface area contributed by atoms with E-state index in [2.05, 4.69) is 10.3 Å². The lowest BCUT2D eigenvalue weighted by Crippen LogP contribution is -2.50. The van der Waals surface area contributed by atoms with E-state index in [1.54, 1.807) is 23.1 Å². The number of fused-ring (bicyclic) bond motifs is 1. The van der Waals surface area contributed by atoms with Gasteiger partial charge in [0, 0.05) is 25.1 Å². The van der Waals surface area contributed by atoms with Crippen LogP contribution in [0.5, 0.6) is 0 Å². The molecule has 0 saturated carbocycles. The number of aliphatic hydroxyl groups excluding tert-OH is 1. The van der Waals surface area contributed by atoms with E-state index in [0.717, 1.165) is 5.56 Å². The van der Waals surface area contributed by atoms with E-state index in [1.165, 1.54) is 0 Å². The van der Waals surface area contributed by atoms with E-state index in [9.17, 15) is 19.8 Å². The minimum Gasteiger partial charge on any atom is -0.465 e. The maximum Gasteiger partial charge on any atom is 0.404 e. The predicted molar refractivity (Wildman–Crippen MR) is 125 cm³/mol. The van der Waals surface area contributed by atoms with Crippen molar-refractivity contribution in [2.24, 2.45) is 5.92 Å². The molecule has 2 atom stereocenters. The Bertz CT molecular complexity index is 1080. The average molecular weight is 454 g/mol. The molecule has 0 aliphatic carbocycles. The summed E-state index contributed by atoms with van der Waals surface area (Å²) >= 11 is 0. The van der Waals surface area contributed by atoms with Crippen LogP contribution >= 0.6 is 0 Å². The second-order valence-electron chi connectivity index (χ2n) is 8.56. The molecule has 1 heterocycles. The van der Waals surface area contributed by atoms with Crippen molar-refractivity contribution in [2.75, 3.05) is 13.1 Å². The number of aliphatic hydroxyl groups is 1. The molecule has 0 aliphatic rings. The van der Waals surface area contributed by atoms with E-state index in [4.69, 9.17) is 4.42 Å². The summed E-state index contributed by atoms with van der Waals surface area (Å²) in [6, 6.07) is 13.7. The van der Waals surface area contributed by atoms with Gasteiger partial charge in [0.1, 0.15) is 5.52 Å². The number of carbonyl (C=O) groups excluding carboxylic acids is 1. The molecule has 33 heavy (non-hydrogen) atoms. The number of aryl methyl sites for hydroxylation is 1. The Hall–Kier alpha value is -3.39. The first-order valence-electron chi connectivity index (χ1n) is 11.2. The van der Waals surface area contributed by atoms with Gasteiger partial charge in [-0.15, -0.1) is 0 Å². The van der Waals surface area contributed by atoms with Gasteiger partial charge in [0.15, 0.2) is 11.5 Å². The van der Waals surface area contributed by atoms with Crippen molar-refractivity contribution in [3.05, 3.63) is 65.5 Å². The van der Waals surface area contributed by atoms with Gasteiger partial charge in [-0.2, -0.15) is 0 Å². The fourth-order valence-electron chi connectivity index (χ4n) is 3.78. The molecule has 0 aliphatic heterocycles. The van der Waals surface area contributed by atoms with Crippen molar-refractivity contribution in [3.63, 3.8) is 0 Å². The van der Waals surface area contributed by atoms with Gasteiger partial charge in [0.2, 0.25) is 0 Å². The first-order valence-corrected chi connectivity index (χ1v) is 11.2. The highest BCUT2D eigenvalue weighted by atomic mass is 16.4. The number of carbonyl (C=O) groups is 2. The zero-order valence-corrected chi connectivity index (χ0v) is 19.2. The molecule has 1 aromatic heterocycles. The van der Waals surface area contributed by atoms with Crippen molar-refractivity contribution in [1.82, 2.24) is 15.2 Å². The monoisotopic (exact) mass is 453 g/mol. The molecule has 176 valence electrons. The maximum absolute atomic E-state index is 13.4. The van der Waals surface area contributed by atoms with Gasteiger partial charge in [0.05, 0.1) is 12.1 Å². The van der Waals surface area contributed by atoms with Gasteiger partial charge < -0.3 is 24.8 Å². The smallest absolute Gasteiger partial charge is 0.404 e. The zero-order chi connectivity index (χ0) is 24.0. The number of aromatic nitrogens is 1. The maximum atomic E-state index is 13.4. The van der Waals surface area contributed by atoms with Crippen LogP contribution in [0, 0.1) is 5.92 Å². The van der Waals surface area contributed by atoms with Gasteiger partial charge in [-0.05, 0) is 36.1 Å². The van der Waals surface area contributed by atoms with E-state index in [1.807, 2.05) is 51.1 Å². The average Bonchev–Trinajstić information content (AvgIpc) is 3.20. The van der Waals surface area contributed by atoms with Crippen LogP contribution in [0.2, 0.25) is 0 Å². The van der Waals surface area contributed by atoms with Crippen molar-refractivity contribution in [2.45, 2.75) is 45.8 Å². The molecular weight excluding hydrogens is 422 g/mol. The SMILES string of the molecule is CCc1nc2ccc(C(=O)N(CC(C)C)C[C@@H](O)[C@H](Cc3ccccc3)NC(=O)O)cc2o1. The molecule has 8 nitrogen and oxygen atoms in total. The van der Waals surface area contributed by atoms with Crippen molar-refractivity contribution < 1.29 is 24.2 Å². The lowest BCUT2D eigenvalue weighted by Gasteiger charge is -2.31. The van der Waals surface area contributed by atoms with Crippen LogP contribution in [0.4, 0.5) is 4.79 Å². The Morgan fingerprint density at radius 1 is 1.12 bits per heavy atom. The lowest BCUT2D eigenvalue weighted by atomic mass is 10.00. The number of nitrogens with one attached hydrogen (secondary N) is 1. The van der Waals surface area contributed by atoms with Crippen LogP contribution in [0.25, 0.3) is 11.1 Å². The van der Waals surface area contributed by atoms with Gasteiger partial charge in [-0.1, -0.05) is 51.1 Å². The van der Waals surface area contributed by atoms with Gasteiger partial charge >= 0.3 is 6.09 Å². The van der Waals surface area contributed by atoms with Gasteiger partial charge in [-0.3, -0.25) is 4.79 Å². The molecule has 3 N–H and O–H groups in total. The summed E-state index contributed by atoms with van der Waals surface area (Å²) in [6.45, 7) is 6.31. The molecule has 0 bridgehead atoms. The van der Waals surface area contributed by atoms with Crippen molar-refractivity contribution in [3.8, 4) is 0 Å². The summed E-state index contributed by atoms with van der Waals surface area (Å²) in [7, 11) is 0. The Kier molecular flexibility index (Phi) is 8.06. The van der Waals surface area contributed by atoms with Crippen LogP contribution < -0.4 is 5.32 Å². The number of hydrogen-bond acceptors (Lipinski definition) is 5. The second kappa shape index (κ2) is 11.0. The largest absolute Gasteiger partial charge is 0.465 e. The number of benzene rings is 2. The highest BCUT2D eigenvalue weighted by Gasteiger charge is 2.27. The molecular formula is C25H31N3O5. The molecule has 2 aromatic carbocycles. The van der Waals surface area contributed by atoms with Gasteiger partial charge in [0.25, 0.3) is 5.91 Å². The number of rotatable bonds is 10. The van der Waals surface area contributed by atoms with Crippen LogP contribution in [-0.4, -0.2) is 57.3 Å². The summed E-state index contributed by atoms with van der Waals surface area (Å²) in [5.74, 6) is 0.502. The third kappa shape index (κ3) is 6.55. The number of carboxylic acid groups (broad SMARTS) is 1. The molecule has 0 radical (unpaired) electrons. The molecule has 0 saturated heterocycles. The summed E-state index contributed by atoms with van der Waals surface area (Å²) in [5, 5.41) is 22.6. The molecule has 0 fully saturated rings. The molecule has 2 amide bonds. The molecule has 0 spiro atoms. The first-order chi connectivity index (χ1) is 15.8. The number of nitrogens with zero attached hydrogens (tertiary/aromatic N) is 2. The van der Waals surface area contributed by atoms with Crippen LogP contribution in [0.15, 0.2) is 52.9 Å². The Balaban J connectivity index is 1.81. The third-order valence-electron chi connectivity index (χ3n) is 5.33. The van der Waals surface area contributed by atoms with E-state index in [-0.39, 0.29) is 18.4 Å². The van der Waals surface area contributed by atoms with Gasteiger partial charge in [-0.25, -0.2) is 9.78 Å². The Labute approximate surface area is 193 Å². The topological polar surface area (TPSA) is 116 Å². The summed E-state index contributed by atoms with van der Waals surface area (Å²) < 4.78 is 5.69. The Morgan fingerprint density at radius 2 is 1.85 bits per heavy atom. The molecule has 3 aromatic rings. The van der Waals surface area contributed by atoms with Crippen molar-refractivity contribution >= 4 is 23.1 Å². The Morgan fingerprint density at radius 3 is 2.48 bits per heavy atom. The first kappa shape index (κ1) is 24.3. The lowest BCUT2D eigenvalue weighted by molar-refractivity contribution is 0.0509. The standard InChI is InChI=1S/C25H31N3O5/c1-4-23-26-19-11-10-18(13-22(19)33-23)24(30)28(14-16(2)3)15-21(29)20(27-25(31)32)12-17-8-6-5-7-9-17/h5-11,13,16,20-21,27,29H,4,12,14-15H2,1-3H3,(H,31,32)/t20-,21+/m0/s1. The number of amides is 2. The van der Waals surface area contributed by atoms with E-state index >= 15 is 0 Å². The molecule has 3 rings (SSSR count). The zero-order valence-electron chi connectivity index (χ0n) is 19.2. The summed E-state index contributed by atoms with van der Waals surface area (Å²) in [5.41, 5.74) is 2.55. The van der Waals surface area contributed by atoms with Crippen molar-refractivity contribution in [1.29, 1.82) is 0 Å². The summed E-state index contributed by atoms with van der Waals surface area (Å²) in [6.07, 6.45) is -1.35. The quantitative estimate of drug-likeness (QED) is 0.431. The van der Waals surface area contributed by atoms with E-state index in [0.29, 0.717) is 41.9 Å². The summed E-state index contributed by atoms with van der Waals surface area (Å²) in [4.78, 5) is 30.6. The highest BCUT2D eigenvalue weighted by Crippen LogP contribution is 2.20. The van der Waals surface area contributed by atoms with Crippen LogP contribution in [0.1, 0.15) is 42.6 Å². The third-order valence-corrected chi connectivity index (χ3v) is 5.33. The van der Waals surface area contributed by atoms with Crippen LogP contribution in [0.3, 0.4) is 0 Å². The number of hydrogen-bond donors (Lipinski definition) is 3. The highest BCUT2D eigenvalue weighted by molar-refractivity contribution is 5.97. The molecule has 8 heteroatoms. The minimum absolute atomic E-state index is 0.0105. The minimum atomic E-state index is -1.22. The van der Waals surface area contributed by atoms with Crippen LogP contribution in [-0.2, 0) is 12.8 Å². The number of oxazole rings is 1.